The maximum Gasteiger partial charge on any atom is 0.330 e. The van der Waals surface area contributed by atoms with Gasteiger partial charge in [0.05, 0.1) is 13.2 Å². The lowest BCUT2D eigenvalue weighted by molar-refractivity contribution is -0.137. The molecular weight excluding hydrogens is 402 g/mol. The standard InChI is InChI=1S/C27H27NO4/c1-3-27(29)31-17-5-16-30-25-14-12-23(13-15-25)22-10-8-21(9-11-22)19-32-26-7-4-6-24(18-26)20(2)28/h3-4,6-15,18,28H,1,5,16-17,19H2,2H3. The van der Waals surface area contributed by atoms with Gasteiger partial charge < -0.3 is 19.6 Å². The largest absolute Gasteiger partial charge is 0.493 e. The first-order valence-electron chi connectivity index (χ1n) is 10.4. The molecule has 0 spiro atoms. The summed E-state index contributed by atoms with van der Waals surface area (Å²) < 4.78 is 16.5. The second-order valence-corrected chi connectivity index (χ2v) is 7.24. The number of benzene rings is 3. The van der Waals surface area contributed by atoms with Crippen LogP contribution in [-0.4, -0.2) is 24.9 Å². The topological polar surface area (TPSA) is 68.6 Å². The van der Waals surface area contributed by atoms with Gasteiger partial charge in [0.1, 0.15) is 18.1 Å². The number of carbonyl (C=O) groups is 1. The van der Waals surface area contributed by atoms with Crippen LogP contribution in [0, 0.1) is 5.41 Å². The molecule has 164 valence electrons. The average Bonchev–Trinajstić information content (AvgIpc) is 2.83. The minimum absolute atomic E-state index is 0.312. The third kappa shape index (κ3) is 6.84. The van der Waals surface area contributed by atoms with Gasteiger partial charge in [-0.2, -0.15) is 0 Å². The SMILES string of the molecule is C=CC(=O)OCCCOc1ccc(-c2ccc(COc3cccc(C(C)=N)c3)cc2)cc1. The van der Waals surface area contributed by atoms with Gasteiger partial charge in [-0.3, -0.25) is 0 Å². The van der Waals surface area contributed by atoms with Crippen molar-refractivity contribution in [2.24, 2.45) is 0 Å². The summed E-state index contributed by atoms with van der Waals surface area (Å²) >= 11 is 0. The van der Waals surface area contributed by atoms with Crippen LogP contribution in [-0.2, 0) is 16.1 Å². The Kier molecular flexibility index (Phi) is 8.21. The number of ether oxygens (including phenoxy) is 3. The van der Waals surface area contributed by atoms with Crippen LogP contribution in [0.3, 0.4) is 0 Å². The first-order chi connectivity index (χ1) is 15.5. The Balaban J connectivity index is 1.49. The fraction of sp³-hybridized carbons (Fsp3) is 0.185. The molecule has 0 saturated heterocycles. The van der Waals surface area contributed by atoms with Crippen LogP contribution in [0.15, 0.2) is 85.5 Å². The predicted molar refractivity (Wildman–Crippen MR) is 126 cm³/mol. The van der Waals surface area contributed by atoms with Crippen molar-refractivity contribution in [1.82, 2.24) is 0 Å². The van der Waals surface area contributed by atoms with E-state index < -0.39 is 5.97 Å². The first kappa shape index (κ1) is 22.8. The molecule has 0 radical (unpaired) electrons. The number of hydrogen-bond acceptors (Lipinski definition) is 5. The van der Waals surface area contributed by atoms with Gasteiger partial charge in [0.2, 0.25) is 0 Å². The Morgan fingerprint density at radius 2 is 1.59 bits per heavy atom. The molecule has 3 aromatic rings. The molecule has 1 N–H and O–H groups in total. The number of carbonyl (C=O) groups excluding carboxylic acids is 1. The zero-order valence-electron chi connectivity index (χ0n) is 18.2. The van der Waals surface area contributed by atoms with E-state index in [0.717, 1.165) is 39.8 Å². The van der Waals surface area contributed by atoms with Gasteiger partial charge in [-0.1, -0.05) is 55.1 Å². The van der Waals surface area contributed by atoms with Crippen LogP contribution < -0.4 is 9.47 Å². The van der Waals surface area contributed by atoms with Gasteiger partial charge in [0.25, 0.3) is 0 Å². The predicted octanol–water partition coefficient (Wildman–Crippen LogP) is 5.82. The average molecular weight is 430 g/mol. The molecule has 0 aliphatic rings. The molecule has 32 heavy (non-hydrogen) atoms. The number of nitrogens with one attached hydrogen (secondary N) is 1. The molecular formula is C27H27NO4. The highest BCUT2D eigenvalue weighted by atomic mass is 16.5. The number of esters is 1. The second kappa shape index (κ2) is 11.5. The second-order valence-electron chi connectivity index (χ2n) is 7.24. The highest BCUT2D eigenvalue weighted by Crippen LogP contribution is 2.23. The minimum atomic E-state index is -0.418. The van der Waals surface area contributed by atoms with E-state index in [0.29, 0.717) is 32.0 Å². The van der Waals surface area contributed by atoms with Crippen molar-refractivity contribution >= 4 is 11.7 Å². The lowest BCUT2D eigenvalue weighted by Gasteiger charge is -2.10. The quantitative estimate of drug-likeness (QED) is 0.181. The molecule has 0 aliphatic carbocycles. The Bertz CT molecular complexity index is 1060. The van der Waals surface area contributed by atoms with Crippen LogP contribution in [0.1, 0.15) is 24.5 Å². The summed E-state index contributed by atoms with van der Waals surface area (Å²) in [5.41, 5.74) is 4.66. The maximum atomic E-state index is 11.0. The fourth-order valence-electron chi connectivity index (χ4n) is 3.00. The molecule has 0 aromatic heterocycles. The highest BCUT2D eigenvalue weighted by Gasteiger charge is 2.03. The third-order valence-corrected chi connectivity index (χ3v) is 4.78. The van der Waals surface area contributed by atoms with E-state index >= 15 is 0 Å². The van der Waals surface area contributed by atoms with Gasteiger partial charge in [-0.15, -0.1) is 0 Å². The van der Waals surface area contributed by atoms with Gasteiger partial charge in [-0.05, 0) is 53.4 Å². The van der Waals surface area contributed by atoms with Crippen LogP contribution in [0.5, 0.6) is 11.5 Å². The summed E-state index contributed by atoms with van der Waals surface area (Å²) in [6.07, 6.45) is 1.77. The smallest absolute Gasteiger partial charge is 0.330 e. The molecule has 5 heteroatoms. The molecule has 0 unspecified atom stereocenters. The van der Waals surface area contributed by atoms with Gasteiger partial charge >= 0.3 is 5.97 Å². The molecule has 0 fully saturated rings. The fourth-order valence-corrected chi connectivity index (χ4v) is 3.00. The molecule has 0 heterocycles. The molecule has 0 amide bonds. The normalized spacial score (nSPS) is 10.3. The van der Waals surface area contributed by atoms with Crippen LogP contribution in [0.4, 0.5) is 0 Å². The van der Waals surface area contributed by atoms with E-state index in [-0.39, 0.29) is 0 Å². The summed E-state index contributed by atoms with van der Waals surface area (Å²) in [6.45, 7) is 6.37. The van der Waals surface area contributed by atoms with Crippen LogP contribution in [0.2, 0.25) is 0 Å². The molecule has 5 nitrogen and oxygen atoms in total. The summed E-state index contributed by atoms with van der Waals surface area (Å²) in [4.78, 5) is 11.0. The highest BCUT2D eigenvalue weighted by molar-refractivity contribution is 5.96. The molecule has 0 atom stereocenters. The van der Waals surface area contributed by atoms with Gasteiger partial charge in [-0.25, -0.2) is 4.79 Å². The zero-order chi connectivity index (χ0) is 22.8. The zero-order valence-corrected chi connectivity index (χ0v) is 18.2. The van der Waals surface area contributed by atoms with Crippen molar-refractivity contribution in [2.45, 2.75) is 20.0 Å². The Hall–Kier alpha value is -3.86. The third-order valence-electron chi connectivity index (χ3n) is 4.78. The lowest BCUT2D eigenvalue weighted by Crippen LogP contribution is -2.06. The van der Waals surface area contributed by atoms with E-state index in [1.807, 2.05) is 48.5 Å². The number of rotatable bonds is 11. The summed E-state index contributed by atoms with van der Waals surface area (Å²) in [6, 6.07) is 23.7. The van der Waals surface area contributed by atoms with Crippen molar-refractivity contribution in [1.29, 1.82) is 5.41 Å². The van der Waals surface area contributed by atoms with Crippen molar-refractivity contribution in [3.8, 4) is 22.6 Å². The van der Waals surface area contributed by atoms with Crippen molar-refractivity contribution in [3.05, 3.63) is 96.6 Å². The van der Waals surface area contributed by atoms with E-state index in [1.54, 1.807) is 6.92 Å². The van der Waals surface area contributed by atoms with Gasteiger partial charge in [0.15, 0.2) is 0 Å². The Morgan fingerprint density at radius 1 is 0.906 bits per heavy atom. The van der Waals surface area contributed by atoms with E-state index in [4.69, 9.17) is 19.6 Å². The molecule has 0 bridgehead atoms. The Labute approximate surface area is 188 Å². The monoisotopic (exact) mass is 429 g/mol. The summed E-state index contributed by atoms with van der Waals surface area (Å²) in [5, 5.41) is 7.74. The molecule has 3 rings (SSSR count). The van der Waals surface area contributed by atoms with Crippen molar-refractivity contribution in [3.63, 3.8) is 0 Å². The molecule has 3 aromatic carbocycles. The molecule has 0 saturated carbocycles. The van der Waals surface area contributed by atoms with Gasteiger partial charge in [0, 0.05) is 18.2 Å². The summed E-state index contributed by atoms with van der Waals surface area (Å²) in [7, 11) is 0. The van der Waals surface area contributed by atoms with Crippen LogP contribution >= 0.6 is 0 Å². The van der Waals surface area contributed by atoms with E-state index in [9.17, 15) is 4.79 Å². The van der Waals surface area contributed by atoms with E-state index in [1.165, 1.54) is 0 Å². The first-order valence-corrected chi connectivity index (χ1v) is 10.4. The van der Waals surface area contributed by atoms with E-state index in [2.05, 4.69) is 30.8 Å². The van der Waals surface area contributed by atoms with Crippen molar-refractivity contribution < 1.29 is 19.0 Å². The van der Waals surface area contributed by atoms with Crippen molar-refractivity contribution in [2.75, 3.05) is 13.2 Å². The van der Waals surface area contributed by atoms with Crippen LogP contribution in [0.25, 0.3) is 11.1 Å². The molecule has 0 aliphatic heterocycles. The summed E-state index contributed by atoms with van der Waals surface area (Å²) in [5.74, 6) is 1.11. The Morgan fingerprint density at radius 3 is 2.25 bits per heavy atom. The number of hydrogen-bond donors (Lipinski definition) is 1. The minimum Gasteiger partial charge on any atom is -0.493 e. The lowest BCUT2D eigenvalue weighted by atomic mass is 10.0. The maximum absolute atomic E-state index is 11.0.